The number of nitrogens with two attached hydrogens (primary N) is 1. The van der Waals surface area contributed by atoms with Crippen molar-refractivity contribution in [3.63, 3.8) is 0 Å². The Kier molecular flexibility index (Phi) is 4.12. The maximum atomic E-state index is 12.0. The molecule has 0 saturated carbocycles. The van der Waals surface area contributed by atoms with Gasteiger partial charge in [-0.1, -0.05) is 18.2 Å². The van der Waals surface area contributed by atoms with Crippen molar-refractivity contribution >= 4 is 28.5 Å². The number of nitrogens with one attached hydrogen (secondary N) is 1. The van der Waals surface area contributed by atoms with E-state index in [-0.39, 0.29) is 11.9 Å². The Balaban J connectivity index is 1.98. The highest BCUT2D eigenvalue weighted by molar-refractivity contribution is 14.1. The molecule has 3 rings (SSSR count). The lowest BCUT2D eigenvalue weighted by molar-refractivity contribution is 0.0957. The smallest absolute Gasteiger partial charge is 0.255 e. The monoisotopic (exact) mass is 394 g/mol. The number of benzene rings is 2. The number of carbonyl (C=O) groups is 1. The van der Waals surface area contributed by atoms with Gasteiger partial charge in [0.25, 0.3) is 5.91 Å². The Morgan fingerprint density at radius 3 is 2.81 bits per heavy atom. The normalized spacial score (nSPS) is 15.4. The molecule has 1 aliphatic heterocycles. The van der Waals surface area contributed by atoms with Crippen molar-refractivity contribution in [2.24, 2.45) is 5.73 Å². The van der Waals surface area contributed by atoms with Crippen molar-refractivity contribution in [1.29, 1.82) is 0 Å². The number of amides is 1. The largest absolute Gasteiger partial charge is 0.491 e. The van der Waals surface area contributed by atoms with Crippen LogP contribution in [0.25, 0.3) is 0 Å². The van der Waals surface area contributed by atoms with Crippen molar-refractivity contribution in [1.82, 2.24) is 5.32 Å². The molecule has 1 amide bonds. The van der Waals surface area contributed by atoms with E-state index in [1.165, 1.54) is 0 Å². The van der Waals surface area contributed by atoms with E-state index in [2.05, 4.69) is 27.9 Å². The minimum atomic E-state index is -0.263. The molecule has 1 heterocycles. The van der Waals surface area contributed by atoms with Crippen LogP contribution in [0.1, 0.15) is 27.5 Å². The molecule has 4 nitrogen and oxygen atoms in total. The van der Waals surface area contributed by atoms with Gasteiger partial charge in [0.1, 0.15) is 12.4 Å². The van der Waals surface area contributed by atoms with E-state index in [4.69, 9.17) is 10.5 Å². The van der Waals surface area contributed by atoms with Crippen molar-refractivity contribution in [2.45, 2.75) is 6.04 Å². The Labute approximate surface area is 136 Å². The van der Waals surface area contributed by atoms with Gasteiger partial charge in [-0.2, -0.15) is 0 Å². The Hall–Kier alpha value is -1.60. The number of hydrogen-bond donors (Lipinski definition) is 2. The first kappa shape index (κ1) is 14.3. The van der Waals surface area contributed by atoms with Crippen LogP contribution in [0.5, 0.6) is 5.75 Å². The van der Waals surface area contributed by atoms with E-state index in [0.717, 1.165) is 14.7 Å². The molecule has 2 aromatic rings. The van der Waals surface area contributed by atoms with E-state index in [9.17, 15) is 4.79 Å². The highest BCUT2D eigenvalue weighted by Crippen LogP contribution is 2.27. The summed E-state index contributed by atoms with van der Waals surface area (Å²) >= 11 is 2.26. The summed E-state index contributed by atoms with van der Waals surface area (Å²) in [5.74, 6) is 0.503. The van der Waals surface area contributed by atoms with Gasteiger partial charge in [0.2, 0.25) is 0 Å². The molecule has 108 valence electrons. The van der Waals surface area contributed by atoms with Crippen LogP contribution in [0.3, 0.4) is 0 Å². The van der Waals surface area contributed by atoms with E-state index >= 15 is 0 Å². The molecule has 21 heavy (non-hydrogen) atoms. The fraction of sp³-hybridized carbons (Fsp3) is 0.188. The van der Waals surface area contributed by atoms with Crippen molar-refractivity contribution < 1.29 is 9.53 Å². The third-order valence-electron chi connectivity index (χ3n) is 3.46. The lowest BCUT2D eigenvalue weighted by Gasteiger charge is -2.15. The molecule has 0 saturated heterocycles. The second-order valence-electron chi connectivity index (χ2n) is 4.89. The van der Waals surface area contributed by atoms with E-state index in [1.54, 1.807) is 0 Å². The fourth-order valence-corrected chi connectivity index (χ4v) is 2.92. The van der Waals surface area contributed by atoms with Gasteiger partial charge >= 0.3 is 0 Å². The lowest BCUT2D eigenvalue weighted by atomic mass is 9.97. The zero-order valence-electron chi connectivity index (χ0n) is 11.3. The van der Waals surface area contributed by atoms with Gasteiger partial charge < -0.3 is 15.8 Å². The minimum Gasteiger partial charge on any atom is -0.491 e. The predicted octanol–water partition coefficient (Wildman–Crippen LogP) is 2.46. The Bertz CT molecular complexity index is 688. The van der Waals surface area contributed by atoms with Crippen LogP contribution < -0.4 is 15.8 Å². The average Bonchev–Trinajstić information content (AvgIpc) is 2.68. The number of rotatable bonds is 2. The molecule has 0 spiro atoms. The van der Waals surface area contributed by atoms with Gasteiger partial charge in [0.05, 0.1) is 18.2 Å². The molecule has 0 bridgehead atoms. The third kappa shape index (κ3) is 3.03. The molecule has 1 aliphatic rings. The number of hydrogen-bond acceptors (Lipinski definition) is 3. The van der Waals surface area contributed by atoms with Crippen LogP contribution in [0.2, 0.25) is 0 Å². The molecular weight excluding hydrogens is 379 g/mol. The number of halogens is 1. The molecule has 0 aromatic heterocycles. The summed E-state index contributed by atoms with van der Waals surface area (Å²) in [5, 5.41) is 2.81. The second kappa shape index (κ2) is 6.03. The van der Waals surface area contributed by atoms with Crippen molar-refractivity contribution in [3.8, 4) is 5.75 Å². The highest BCUT2D eigenvalue weighted by atomic mass is 127. The first-order chi connectivity index (χ1) is 10.1. The standard InChI is InChI=1S/C16H15IN2O2/c17-12-3-1-2-10(8-12)15(18)11-4-5-14-13(9-11)16(20)19-6-7-21-14/h1-5,8-9,15H,6-7,18H2,(H,19,20). The van der Waals surface area contributed by atoms with E-state index in [1.807, 2.05) is 42.5 Å². The lowest BCUT2D eigenvalue weighted by Crippen LogP contribution is -2.24. The fourth-order valence-electron chi connectivity index (χ4n) is 2.36. The van der Waals surface area contributed by atoms with Gasteiger partial charge in [0, 0.05) is 3.57 Å². The van der Waals surface area contributed by atoms with Crippen LogP contribution in [0.15, 0.2) is 42.5 Å². The molecule has 2 aromatic carbocycles. The number of ether oxygens (including phenoxy) is 1. The maximum absolute atomic E-state index is 12.0. The third-order valence-corrected chi connectivity index (χ3v) is 4.13. The van der Waals surface area contributed by atoms with Crippen LogP contribution in [0, 0.1) is 3.57 Å². The van der Waals surface area contributed by atoms with Gasteiger partial charge in [-0.25, -0.2) is 0 Å². The first-order valence-corrected chi connectivity index (χ1v) is 7.79. The van der Waals surface area contributed by atoms with Crippen LogP contribution in [-0.4, -0.2) is 19.1 Å². The molecule has 3 N–H and O–H groups in total. The maximum Gasteiger partial charge on any atom is 0.255 e. The predicted molar refractivity (Wildman–Crippen MR) is 89.5 cm³/mol. The van der Waals surface area contributed by atoms with Gasteiger partial charge in [-0.05, 0) is 58.0 Å². The summed E-state index contributed by atoms with van der Waals surface area (Å²) in [6.07, 6.45) is 0. The molecule has 1 unspecified atom stereocenters. The SMILES string of the molecule is NC(c1cccc(I)c1)c1ccc2c(c1)C(=O)NCCO2. The summed E-state index contributed by atoms with van der Waals surface area (Å²) in [7, 11) is 0. The molecule has 0 aliphatic carbocycles. The van der Waals surface area contributed by atoms with Gasteiger partial charge in [0.15, 0.2) is 0 Å². The topological polar surface area (TPSA) is 64.4 Å². The summed E-state index contributed by atoms with van der Waals surface area (Å²) in [6, 6.07) is 13.3. The highest BCUT2D eigenvalue weighted by Gasteiger charge is 2.19. The van der Waals surface area contributed by atoms with Crippen LogP contribution in [-0.2, 0) is 0 Å². The number of fused-ring (bicyclic) bond motifs is 1. The zero-order chi connectivity index (χ0) is 14.8. The summed E-state index contributed by atoms with van der Waals surface area (Å²) < 4.78 is 6.69. The Morgan fingerprint density at radius 2 is 2.00 bits per heavy atom. The van der Waals surface area contributed by atoms with Crippen molar-refractivity contribution in [2.75, 3.05) is 13.2 Å². The van der Waals surface area contributed by atoms with Gasteiger partial charge in [-0.3, -0.25) is 4.79 Å². The summed E-state index contributed by atoms with van der Waals surface area (Å²) in [4.78, 5) is 12.0. The molecule has 0 fully saturated rings. The quantitative estimate of drug-likeness (QED) is 0.770. The van der Waals surface area contributed by atoms with Crippen molar-refractivity contribution in [3.05, 3.63) is 62.7 Å². The molecule has 1 atom stereocenters. The van der Waals surface area contributed by atoms with Gasteiger partial charge in [-0.15, -0.1) is 0 Å². The summed E-state index contributed by atoms with van der Waals surface area (Å²) in [6.45, 7) is 1.01. The molecule has 5 heteroatoms. The molecular formula is C16H15IN2O2. The average molecular weight is 394 g/mol. The number of carbonyl (C=O) groups excluding carboxylic acids is 1. The molecule has 0 radical (unpaired) electrons. The second-order valence-corrected chi connectivity index (χ2v) is 6.14. The van der Waals surface area contributed by atoms with E-state index < -0.39 is 0 Å². The zero-order valence-corrected chi connectivity index (χ0v) is 13.5. The summed E-state index contributed by atoms with van der Waals surface area (Å²) in [5.41, 5.74) is 8.80. The first-order valence-electron chi connectivity index (χ1n) is 6.71. The van der Waals surface area contributed by atoms with Crippen LogP contribution in [0.4, 0.5) is 0 Å². The van der Waals surface area contributed by atoms with Crippen LogP contribution >= 0.6 is 22.6 Å². The van der Waals surface area contributed by atoms with E-state index in [0.29, 0.717) is 24.5 Å². The Morgan fingerprint density at radius 1 is 1.19 bits per heavy atom. The minimum absolute atomic E-state index is 0.112.